The number of carboxylic acids is 1. The second-order valence-electron chi connectivity index (χ2n) is 5.56. The third-order valence-corrected chi connectivity index (χ3v) is 4.45. The van der Waals surface area contributed by atoms with Gasteiger partial charge in [0.25, 0.3) is 5.91 Å². The van der Waals surface area contributed by atoms with Gasteiger partial charge in [-0.15, -0.1) is 0 Å². The summed E-state index contributed by atoms with van der Waals surface area (Å²) in [7, 11) is 0. The highest BCUT2D eigenvalue weighted by Gasteiger charge is 2.31. The van der Waals surface area contributed by atoms with Crippen molar-refractivity contribution in [2.24, 2.45) is 0 Å². The van der Waals surface area contributed by atoms with Gasteiger partial charge in [-0.25, -0.2) is 4.79 Å². The van der Waals surface area contributed by atoms with E-state index in [0.717, 1.165) is 18.4 Å². The first kappa shape index (κ1) is 15.6. The van der Waals surface area contributed by atoms with E-state index in [4.69, 9.17) is 21.1 Å². The molecule has 6 heteroatoms. The Morgan fingerprint density at radius 1 is 1.22 bits per heavy atom. The largest absolute Gasteiger partial charge is 0.475 e. The van der Waals surface area contributed by atoms with Crippen LogP contribution in [0.25, 0.3) is 0 Å². The average Bonchev–Trinajstić information content (AvgIpc) is 3.18. The van der Waals surface area contributed by atoms with Crippen LogP contribution < -0.4 is 0 Å². The molecule has 23 heavy (non-hydrogen) atoms. The Balaban J connectivity index is 1.76. The number of aromatic carboxylic acids is 1. The summed E-state index contributed by atoms with van der Waals surface area (Å²) in [6.07, 6.45) is 2.48. The third kappa shape index (κ3) is 3.24. The highest BCUT2D eigenvalue weighted by Crippen LogP contribution is 2.26. The van der Waals surface area contributed by atoms with Gasteiger partial charge in [0.05, 0.1) is 0 Å². The lowest BCUT2D eigenvalue weighted by Crippen LogP contribution is -2.36. The standard InChI is InChI=1S/C17H16ClNO4/c18-13-6-2-1-4-11(13)10-12-5-3-9-19(12)16(20)14-7-8-15(23-14)17(21)22/h1-2,4,6-8,12H,3,5,9-10H2,(H,21,22). The molecule has 1 amide bonds. The molecular formula is C17H16ClNO4. The number of likely N-dealkylation sites (tertiary alicyclic amines) is 1. The fourth-order valence-electron chi connectivity index (χ4n) is 2.94. The number of nitrogens with zero attached hydrogens (tertiary/aromatic N) is 1. The van der Waals surface area contributed by atoms with Crippen molar-refractivity contribution in [3.8, 4) is 0 Å². The molecule has 1 atom stereocenters. The van der Waals surface area contributed by atoms with Gasteiger partial charge in [-0.3, -0.25) is 4.79 Å². The number of amides is 1. The zero-order valence-corrected chi connectivity index (χ0v) is 13.1. The molecule has 1 fully saturated rings. The molecule has 1 aromatic heterocycles. The lowest BCUT2D eigenvalue weighted by Gasteiger charge is -2.24. The van der Waals surface area contributed by atoms with E-state index in [9.17, 15) is 9.59 Å². The molecule has 0 spiro atoms. The van der Waals surface area contributed by atoms with Gasteiger partial charge in [-0.2, -0.15) is 0 Å². The van der Waals surface area contributed by atoms with Gasteiger partial charge in [0, 0.05) is 17.6 Å². The molecule has 2 heterocycles. The summed E-state index contributed by atoms with van der Waals surface area (Å²) in [5, 5.41) is 9.58. The molecule has 1 N–H and O–H groups in total. The van der Waals surface area contributed by atoms with Crippen molar-refractivity contribution in [3.05, 3.63) is 58.5 Å². The van der Waals surface area contributed by atoms with Crippen LogP contribution in [0.15, 0.2) is 40.8 Å². The maximum absolute atomic E-state index is 12.6. The Hall–Kier alpha value is -2.27. The maximum atomic E-state index is 12.6. The Morgan fingerprint density at radius 3 is 2.65 bits per heavy atom. The molecule has 5 nitrogen and oxygen atoms in total. The van der Waals surface area contributed by atoms with E-state index in [2.05, 4.69) is 0 Å². The summed E-state index contributed by atoms with van der Waals surface area (Å²) >= 11 is 6.20. The van der Waals surface area contributed by atoms with Gasteiger partial charge in [-0.1, -0.05) is 29.8 Å². The number of carbonyl (C=O) groups is 2. The normalized spacial score (nSPS) is 17.4. The van der Waals surface area contributed by atoms with Crippen LogP contribution in [0.4, 0.5) is 0 Å². The number of hydrogen-bond acceptors (Lipinski definition) is 3. The molecule has 2 aromatic rings. The van der Waals surface area contributed by atoms with Crippen LogP contribution in [0.5, 0.6) is 0 Å². The van der Waals surface area contributed by atoms with E-state index in [1.807, 2.05) is 24.3 Å². The smallest absolute Gasteiger partial charge is 0.371 e. The first-order valence-corrected chi connectivity index (χ1v) is 7.81. The number of halogens is 1. The van der Waals surface area contributed by atoms with E-state index in [1.165, 1.54) is 12.1 Å². The number of carbonyl (C=O) groups excluding carboxylic acids is 1. The van der Waals surface area contributed by atoms with Crippen LogP contribution in [0.3, 0.4) is 0 Å². The minimum Gasteiger partial charge on any atom is -0.475 e. The molecule has 1 aromatic carbocycles. The van der Waals surface area contributed by atoms with Crippen molar-refractivity contribution < 1.29 is 19.1 Å². The average molecular weight is 334 g/mol. The zero-order chi connectivity index (χ0) is 16.4. The zero-order valence-electron chi connectivity index (χ0n) is 12.4. The number of benzene rings is 1. The Morgan fingerprint density at radius 2 is 1.96 bits per heavy atom. The molecule has 1 saturated heterocycles. The topological polar surface area (TPSA) is 70.8 Å². The quantitative estimate of drug-likeness (QED) is 0.929. The predicted molar refractivity (Wildman–Crippen MR) is 84.9 cm³/mol. The lowest BCUT2D eigenvalue weighted by atomic mass is 10.0. The highest BCUT2D eigenvalue weighted by molar-refractivity contribution is 6.31. The minimum absolute atomic E-state index is 0.0424. The van der Waals surface area contributed by atoms with E-state index >= 15 is 0 Å². The van der Waals surface area contributed by atoms with Gasteiger partial charge in [0.2, 0.25) is 5.76 Å². The second kappa shape index (κ2) is 6.46. The second-order valence-corrected chi connectivity index (χ2v) is 5.97. The van der Waals surface area contributed by atoms with Crippen LogP contribution in [0.2, 0.25) is 5.02 Å². The van der Waals surface area contributed by atoms with Crippen molar-refractivity contribution in [2.45, 2.75) is 25.3 Å². The molecule has 1 unspecified atom stereocenters. The summed E-state index contributed by atoms with van der Waals surface area (Å²) in [6, 6.07) is 10.3. The van der Waals surface area contributed by atoms with Gasteiger partial charge in [0.1, 0.15) is 0 Å². The first-order valence-electron chi connectivity index (χ1n) is 7.44. The number of rotatable bonds is 4. The fourth-order valence-corrected chi connectivity index (χ4v) is 3.16. The fraction of sp³-hybridized carbons (Fsp3) is 0.294. The van der Waals surface area contributed by atoms with Gasteiger partial charge in [0.15, 0.2) is 5.76 Å². The van der Waals surface area contributed by atoms with Crippen molar-refractivity contribution in [2.75, 3.05) is 6.54 Å². The first-order chi connectivity index (χ1) is 11.1. The van der Waals surface area contributed by atoms with Gasteiger partial charge in [-0.05, 0) is 43.0 Å². The van der Waals surface area contributed by atoms with E-state index < -0.39 is 5.97 Å². The van der Waals surface area contributed by atoms with Crippen LogP contribution in [-0.2, 0) is 6.42 Å². The third-order valence-electron chi connectivity index (χ3n) is 4.08. The summed E-state index contributed by atoms with van der Waals surface area (Å²) < 4.78 is 5.12. The minimum atomic E-state index is -1.18. The SMILES string of the molecule is O=C(O)c1ccc(C(=O)N2CCCC2Cc2ccccc2Cl)o1. The molecule has 0 bridgehead atoms. The van der Waals surface area contributed by atoms with Crippen LogP contribution in [0, 0.1) is 0 Å². The molecule has 0 saturated carbocycles. The summed E-state index contributed by atoms with van der Waals surface area (Å²) in [5.41, 5.74) is 1.00. The maximum Gasteiger partial charge on any atom is 0.371 e. The Kier molecular flexibility index (Phi) is 4.39. The van der Waals surface area contributed by atoms with Crippen molar-refractivity contribution in [1.29, 1.82) is 0 Å². The van der Waals surface area contributed by atoms with E-state index in [-0.39, 0.29) is 23.5 Å². The van der Waals surface area contributed by atoms with Crippen molar-refractivity contribution in [1.82, 2.24) is 4.90 Å². The number of furan rings is 1. The van der Waals surface area contributed by atoms with E-state index in [1.54, 1.807) is 4.90 Å². The number of hydrogen-bond donors (Lipinski definition) is 1. The summed E-state index contributed by atoms with van der Waals surface area (Å²) in [4.78, 5) is 25.2. The molecule has 1 aliphatic rings. The van der Waals surface area contributed by atoms with Gasteiger partial charge >= 0.3 is 5.97 Å². The van der Waals surface area contributed by atoms with Crippen LogP contribution in [0.1, 0.15) is 39.5 Å². The molecule has 1 aliphatic heterocycles. The molecule has 3 rings (SSSR count). The summed E-state index contributed by atoms with van der Waals surface area (Å²) in [6.45, 7) is 0.636. The van der Waals surface area contributed by atoms with Crippen LogP contribution in [-0.4, -0.2) is 34.5 Å². The molecular weight excluding hydrogens is 318 g/mol. The van der Waals surface area contributed by atoms with Crippen LogP contribution >= 0.6 is 11.6 Å². The summed E-state index contributed by atoms with van der Waals surface area (Å²) in [5.74, 6) is -1.62. The molecule has 120 valence electrons. The van der Waals surface area contributed by atoms with Crippen molar-refractivity contribution >= 4 is 23.5 Å². The molecule has 0 radical (unpaired) electrons. The lowest BCUT2D eigenvalue weighted by molar-refractivity contribution is 0.0646. The predicted octanol–water partition coefficient (Wildman–Crippen LogP) is 3.48. The van der Waals surface area contributed by atoms with Gasteiger partial charge < -0.3 is 14.4 Å². The number of carboxylic acid groups (broad SMARTS) is 1. The Bertz CT molecular complexity index is 740. The van der Waals surface area contributed by atoms with E-state index in [0.29, 0.717) is 18.0 Å². The van der Waals surface area contributed by atoms with Crippen molar-refractivity contribution in [3.63, 3.8) is 0 Å². The highest BCUT2D eigenvalue weighted by atomic mass is 35.5. The molecule has 0 aliphatic carbocycles. The Labute approximate surface area is 138 Å². The monoisotopic (exact) mass is 333 g/mol.